The summed E-state index contributed by atoms with van der Waals surface area (Å²) < 4.78 is 0. The fourth-order valence-electron chi connectivity index (χ4n) is 2.29. The molecule has 0 aliphatic heterocycles. The molecule has 0 saturated heterocycles. The Hall–Kier alpha value is -2.17. The van der Waals surface area contributed by atoms with Gasteiger partial charge in [-0.3, -0.25) is 0 Å². The van der Waals surface area contributed by atoms with Gasteiger partial charge in [-0.1, -0.05) is 43.7 Å². The number of rotatable bonds is 8. The lowest BCUT2D eigenvalue weighted by Crippen LogP contribution is -2.26. The monoisotopic (exact) mass is 299 g/mol. The van der Waals surface area contributed by atoms with Crippen LogP contribution in [0.1, 0.15) is 37.8 Å². The van der Waals surface area contributed by atoms with Crippen molar-refractivity contribution in [3.05, 3.63) is 41.6 Å². The van der Waals surface area contributed by atoms with E-state index in [2.05, 4.69) is 70.4 Å². The van der Waals surface area contributed by atoms with Crippen molar-refractivity contribution in [3.63, 3.8) is 0 Å². The predicted molar refractivity (Wildman–Crippen MR) is 91.1 cm³/mol. The molecule has 0 amide bonds. The maximum Gasteiger partial charge on any atom is 0.244 e. The summed E-state index contributed by atoms with van der Waals surface area (Å²) in [5, 5.41) is 11.4. The van der Waals surface area contributed by atoms with E-state index in [0.29, 0.717) is 12.5 Å². The van der Waals surface area contributed by atoms with Gasteiger partial charge < -0.3 is 10.2 Å². The highest BCUT2D eigenvalue weighted by molar-refractivity contribution is 5.40. The van der Waals surface area contributed by atoms with Crippen LogP contribution in [0.4, 0.5) is 11.8 Å². The highest BCUT2D eigenvalue weighted by atomic mass is 15.3. The molecular formula is C17H25N5. The Morgan fingerprint density at radius 1 is 1.05 bits per heavy atom. The summed E-state index contributed by atoms with van der Waals surface area (Å²) in [5.74, 6) is 1.47. The summed E-state index contributed by atoms with van der Waals surface area (Å²) in [5.41, 5.74) is 2.47. The normalized spacial score (nSPS) is 10.5. The lowest BCUT2D eigenvalue weighted by Gasteiger charge is -2.22. The van der Waals surface area contributed by atoms with Crippen LogP contribution >= 0.6 is 0 Å². The molecule has 1 aromatic heterocycles. The zero-order valence-corrected chi connectivity index (χ0v) is 13.7. The third kappa shape index (κ3) is 4.69. The average molecular weight is 299 g/mol. The van der Waals surface area contributed by atoms with Crippen LogP contribution in [-0.2, 0) is 6.54 Å². The number of hydrogen-bond acceptors (Lipinski definition) is 5. The first-order chi connectivity index (χ1) is 10.7. The molecule has 1 aromatic carbocycles. The molecule has 0 bridgehead atoms. The van der Waals surface area contributed by atoms with Gasteiger partial charge in [-0.25, -0.2) is 0 Å². The van der Waals surface area contributed by atoms with Gasteiger partial charge in [-0.15, -0.1) is 5.10 Å². The Kier molecular flexibility index (Phi) is 6.13. The molecule has 118 valence electrons. The first-order valence-electron chi connectivity index (χ1n) is 7.97. The highest BCUT2D eigenvalue weighted by Gasteiger charge is 2.08. The first-order valence-corrected chi connectivity index (χ1v) is 7.97. The van der Waals surface area contributed by atoms with Crippen LogP contribution in [0.15, 0.2) is 30.5 Å². The number of nitrogens with zero attached hydrogens (tertiary/aromatic N) is 4. The van der Waals surface area contributed by atoms with Gasteiger partial charge in [0.2, 0.25) is 5.95 Å². The molecule has 1 N–H and O–H groups in total. The molecule has 0 radical (unpaired) electrons. The van der Waals surface area contributed by atoms with E-state index in [1.807, 2.05) is 0 Å². The molecule has 2 aromatic rings. The molecule has 0 unspecified atom stereocenters. The van der Waals surface area contributed by atoms with Crippen LogP contribution in [0, 0.1) is 6.92 Å². The Morgan fingerprint density at radius 2 is 1.73 bits per heavy atom. The highest BCUT2D eigenvalue weighted by Crippen LogP contribution is 2.12. The van der Waals surface area contributed by atoms with Crippen molar-refractivity contribution in [2.75, 3.05) is 23.3 Å². The molecule has 1 heterocycles. The zero-order valence-electron chi connectivity index (χ0n) is 13.7. The van der Waals surface area contributed by atoms with Gasteiger partial charge in [0.05, 0.1) is 6.20 Å². The van der Waals surface area contributed by atoms with E-state index >= 15 is 0 Å². The molecule has 0 spiro atoms. The lowest BCUT2D eigenvalue weighted by atomic mass is 10.1. The van der Waals surface area contributed by atoms with E-state index < -0.39 is 0 Å². The summed E-state index contributed by atoms with van der Waals surface area (Å²) in [6.45, 7) is 9.12. The van der Waals surface area contributed by atoms with Crippen molar-refractivity contribution >= 4 is 11.8 Å². The number of benzene rings is 1. The van der Waals surface area contributed by atoms with E-state index in [4.69, 9.17) is 0 Å². The van der Waals surface area contributed by atoms with Crippen LogP contribution < -0.4 is 10.2 Å². The van der Waals surface area contributed by atoms with E-state index in [-0.39, 0.29) is 0 Å². The van der Waals surface area contributed by atoms with E-state index in [9.17, 15) is 0 Å². The summed E-state index contributed by atoms with van der Waals surface area (Å²) in [6, 6.07) is 8.44. The first kappa shape index (κ1) is 16.2. The molecule has 0 atom stereocenters. The third-order valence-electron chi connectivity index (χ3n) is 3.43. The van der Waals surface area contributed by atoms with Gasteiger partial charge in [0.1, 0.15) is 0 Å². The lowest BCUT2D eigenvalue weighted by molar-refractivity contribution is 0.727. The van der Waals surface area contributed by atoms with Crippen LogP contribution in [0.2, 0.25) is 0 Å². The number of hydrogen-bond donors (Lipinski definition) is 1. The standard InChI is InChI=1S/C17H25N5/c1-4-10-22(11-5-2)16-13-19-21-17(20-16)18-12-15-8-6-14(3)7-9-15/h6-9,13H,4-5,10-12H2,1-3H3,(H,18,20,21). The maximum atomic E-state index is 4.58. The zero-order chi connectivity index (χ0) is 15.8. The molecule has 2 rings (SSSR count). The van der Waals surface area contributed by atoms with Gasteiger partial charge >= 0.3 is 0 Å². The number of aryl methyl sites for hydroxylation is 1. The van der Waals surface area contributed by atoms with Crippen molar-refractivity contribution < 1.29 is 0 Å². The topological polar surface area (TPSA) is 53.9 Å². The van der Waals surface area contributed by atoms with Gasteiger partial charge in [0.25, 0.3) is 0 Å². The van der Waals surface area contributed by atoms with E-state index in [1.54, 1.807) is 6.20 Å². The van der Waals surface area contributed by atoms with Crippen molar-refractivity contribution in [1.82, 2.24) is 15.2 Å². The van der Waals surface area contributed by atoms with Crippen LogP contribution in [0.3, 0.4) is 0 Å². The van der Waals surface area contributed by atoms with Crippen LogP contribution in [0.5, 0.6) is 0 Å². The Bertz CT molecular complexity index is 562. The van der Waals surface area contributed by atoms with Gasteiger partial charge in [0.15, 0.2) is 5.82 Å². The van der Waals surface area contributed by atoms with Gasteiger partial charge in [-0.05, 0) is 25.3 Å². The second-order valence-corrected chi connectivity index (χ2v) is 5.46. The smallest absolute Gasteiger partial charge is 0.244 e. The van der Waals surface area contributed by atoms with Crippen molar-refractivity contribution in [3.8, 4) is 0 Å². The second kappa shape index (κ2) is 8.32. The Balaban J connectivity index is 2.02. The van der Waals surface area contributed by atoms with Crippen molar-refractivity contribution in [2.45, 2.75) is 40.2 Å². The fourth-order valence-corrected chi connectivity index (χ4v) is 2.29. The second-order valence-electron chi connectivity index (χ2n) is 5.46. The molecular weight excluding hydrogens is 274 g/mol. The van der Waals surface area contributed by atoms with Crippen molar-refractivity contribution in [2.24, 2.45) is 0 Å². The molecule has 0 aliphatic rings. The quantitative estimate of drug-likeness (QED) is 0.809. The summed E-state index contributed by atoms with van der Waals surface area (Å²) in [6.07, 6.45) is 3.93. The number of anilines is 2. The average Bonchev–Trinajstić information content (AvgIpc) is 2.54. The molecule has 0 aliphatic carbocycles. The van der Waals surface area contributed by atoms with Gasteiger partial charge in [-0.2, -0.15) is 10.1 Å². The molecule has 22 heavy (non-hydrogen) atoms. The Morgan fingerprint density at radius 3 is 2.36 bits per heavy atom. The summed E-state index contributed by atoms with van der Waals surface area (Å²) >= 11 is 0. The number of nitrogens with one attached hydrogen (secondary N) is 1. The molecule has 5 nitrogen and oxygen atoms in total. The van der Waals surface area contributed by atoms with E-state index in [0.717, 1.165) is 31.7 Å². The summed E-state index contributed by atoms with van der Waals surface area (Å²) in [7, 11) is 0. The minimum absolute atomic E-state index is 0.579. The molecule has 5 heteroatoms. The van der Waals surface area contributed by atoms with Crippen LogP contribution in [-0.4, -0.2) is 28.3 Å². The predicted octanol–water partition coefficient (Wildman–Crippen LogP) is 3.42. The van der Waals surface area contributed by atoms with Crippen molar-refractivity contribution in [1.29, 1.82) is 0 Å². The van der Waals surface area contributed by atoms with Crippen LogP contribution in [0.25, 0.3) is 0 Å². The van der Waals surface area contributed by atoms with E-state index in [1.165, 1.54) is 11.1 Å². The SMILES string of the molecule is CCCN(CCC)c1cnnc(NCc2ccc(C)cc2)n1. The Labute approximate surface area is 132 Å². The molecule has 0 fully saturated rings. The largest absolute Gasteiger partial charge is 0.355 e. The fraction of sp³-hybridized carbons (Fsp3) is 0.471. The number of aromatic nitrogens is 3. The van der Waals surface area contributed by atoms with Gasteiger partial charge in [0, 0.05) is 19.6 Å². The minimum atomic E-state index is 0.579. The maximum absolute atomic E-state index is 4.58. The minimum Gasteiger partial charge on any atom is -0.355 e. The summed E-state index contributed by atoms with van der Waals surface area (Å²) in [4.78, 5) is 6.84. The molecule has 0 saturated carbocycles. The third-order valence-corrected chi connectivity index (χ3v) is 3.43.